The van der Waals surface area contributed by atoms with Crippen LogP contribution in [0.3, 0.4) is 0 Å². The molecule has 1 amide bonds. The monoisotopic (exact) mass is 480 g/mol. The lowest BCUT2D eigenvalue weighted by Crippen LogP contribution is -2.11. The van der Waals surface area contributed by atoms with Gasteiger partial charge in [0.05, 0.1) is 5.69 Å². The summed E-state index contributed by atoms with van der Waals surface area (Å²) in [5.41, 5.74) is 4.15. The van der Waals surface area contributed by atoms with Gasteiger partial charge in [0.15, 0.2) is 4.34 Å². The number of pyridine rings is 1. The van der Waals surface area contributed by atoms with E-state index in [0.717, 1.165) is 28.6 Å². The molecule has 0 saturated carbocycles. The van der Waals surface area contributed by atoms with E-state index in [4.69, 9.17) is 4.74 Å². The van der Waals surface area contributed by atoms with E-state index in [0.29, 0.717) is 23.1 Å². The van der Waals surface area contributed by atoms with Gasteiger partial charge in [-0.1, -0.05) is 46.4 Å². The number of allylic oxidation sites excluding steroid dienone is 3. The lowest BCUT2D eigenvalue weighted by atomic mass is 10.1. The molecule has 33 heavy (non-hydrogen) atoms. The van der Waals surface area contributed by atoms with Crippen LogP contribution in [0.4, 0.5) is 5.13 Å². The normalized spacial score (nSPS) is 11.2. The summed E-state index contributed by atoms with van der Waals surface area (Å²) in [4.78, 5) is 16.8. The maximum Gasteiger partial charge on any atom is 0.257 e. The fraction of sp³-hybridized carbons (Fsp3) is 0.280. The summed E-state index contributed by atoms with van der Waals surface area (Å²) in [6, 6.07) is 12.9. The van der Waals surface area contributed by atoms with Crippen LogP contribution in [0.15, 0.2) is 76.3 Å². The number of hydrogen-bond donors (Lipinski definition) is 1. The Balaban J connectivity index is 1.44. The molecule has 6 nitrogen and oxygen atoms in total. The minimum Gasteiger partial charge on any atom is -0.490 e. The lowest BCUT2D eigenvalue weighted by Gasteiger charge is -2.06. The van der Waals surface area contributed by atoms with Crippen molar-refractivity contribution in [2.45, 2.75) is 43.7 Å². The van der Waals surface area contributed by atoms with Gasteiger partial charge in [0.2, 0.25) is 5.13 Å². The molecule has 3 aromatic rings. The zero-order valence-electron chi connectivity index (χ0n) is 19.1. The second-order valence-corrected chi connectivity index (χ2v) is 9.84. The molecule has 0 radical (unpaired) electrons. The predicted octanol–water partition coefficient (Wildman–Crippen LogP) is 6.55. The molecule has 0 saturated heterocycles. The molecule has 2 aromatic heterocycles. The van der Waals surface area contributed by atoms with Gasteiger partial charge in [-0.05, 0) is 76.1 Å². The number of rotatable bonds is 11. The summed E-state index contributed by atoms with van der Waals surface area (Å²) in [6.07, 6.45) is 8.18. The van der Waals surface area contributed by atoms with Gasteiger partial charge in [-0.15, -0.1) is 10.2 Å². The Morgan fingerprint density at radius 1 is 1.09 bits per heavy atom. The quantitative estimate of drug-likeness (QED) is 0.190. The van der Waals surface area contributed by atoms with Crippen molar-refractivity contribution in [1.82, 2.24) is 15.2 Å². The molecule has 3 rings (SSSR count). The molecule has 0 unspecified atom stereocenters. The van der Waals surface area contributed by atoms with Crippen molar-refractivity contribution in [3.63, 3.8) is 0 Å². The summed E-state index contributed by atoms with van der Waals surface area (Å²) in [7, 11) is 0. The van der Waals surface area contributed by atoms with Crippen LogP contribution in [0.1, 0.15) is 49.7 Å². The Labute approximate surface area is 203 Å². The highest BCUT2D eigenvalue weighted by molar-refractivity contribution is 8.00. The van der Waals surface area contributed by atoms with Crippen LogP contribution in [-0.2, 0) is 5.75 Å². The topological polar surface area (TPSA) is 77.0 Å². The molecule has 0 atom stereocenters. The van der Waals surface area contributed by atoms with E-state index in [-0.39, 0.29) is 5.91 Å². The highest BCUT2D eigenvalue weighted by Gasteiger charge is 2.11. The number of amides is 1. The van der Waals surface area contributed by atoms with E-state index in [1.165, 1.54) is 22.5 Å². The zero-order valence-corrected chi connectivity index (χ0v) is 20.7. The van der Waals surface area contributed by atoms with Crippen LogP contribution >= 0.6 is 23.1 Å². The standard InChI is InChI=1S/C25H28N4O2S2/c1-18(2)7-6-8-19(3)14-16-31-22-12-10-20(11-13-22)23(30)27-24-28-29-25(33-24)32-17-21-9-4-5-15-26-21/h4-5,7,9-15H,6,8,16-17H2,1-3H3,(H,27,28,30). The smallest absolute Gasteiger partial charge is 0.257 e. The van der Waals surface area contributed by atoms with Crippen molar-refractivity contribution in [1.29, 1.82) is 0 Å². The second-order valence-electron chi connectivity index (χ2n) is 7.64. The van der Waals surface area contributed by atoms with Gasteiger partial charge < -0.3 is 4.74 Å². The van der Waals surface area contributed by atoms with Crippen LogP contribution in [0.2, 0.25) is 0 Å². The number of anilines is 1. The highest BCUT2D eigenvalue weighted by Crippen LogP contribution is 2.28. The number of benzene rings is 1. The summed E-state index contributed by atoms with van der Waals surface area (Å²) < 4.78 is 6.55. The molecule has 1 aromatic carbocycles. The Bertz CT molecular complexity index is 1090. The van der Waals surface area contributed by atoms with E-state index in [9.17, 15) is 4.79 Å². The van der Waals surface area contributed by atoms with Crippen LogP contribution in [0.25, 0.3) is 0 Å². The third-order valence-corrected chi connectivity index (χ3v) is 6.59. The molecule has 172 valence electrons. The van der Waals surface area contributed by atoms with Crippen molar-refractivity contribution in [3.8, 4) is 5.75 Å². The predicted molar refractivity (Wildman–Crippen MR) is 136 cm³/mol. The van der Waals surface area contributed by atoms with Crippen LogP contribution < -0.4 is 10.1 Å². The molecular weight excluding hydrogens is 452 g/mol. The van der Waals surface area contributed by atoms with Gasteiger partial charge in [0.1, 0.15) is 12.4 Å². The molecular formula is C25H28N4O2S2. The van der Waals surface area contributed by atoms with Crippen molar-refractivity contribution >= 4 is 34.1 Å². The Kier molecular flexibility index (Phi) is 9.65. The fourth-order valence-electron chi connectivity index (χ4n) is 2.78. The first-order valence-electron chi connectivity index (χ1n) is 10.7. The molecule has 8 heteroatoms. The van der Waals surface area contributed by atoms with E-state index >= 15 is 0 Å². The number of aromatic nitrogens is 3. The average molecular weight is 481 g/mol. The van der Waals surface area contributed by atoms with Gasteiger partial charge in [0, 0.05) is 17.5 Å². The zero-order chi connectivity index (χ0) is 23.5. The molecule has 0 aliphatic rings. The molecule has 0 aliphatic carbocycles. The second kappa shape index (κ2) is 12.9. The third kappa shape index (κ3) is 8.82. The molecule has 0 spiro atoms. The molecule has 0 bridgehead atoms. The number of nitrogens with zero attached hydrogens (tertiary/aromatic N) is 3. The molecule has 0 fully saturated rings. The highest BCUT2D eigenvalue weighted by atomic mass is 32.2. The molecule has 1 N–H and O–H groups in total. The molecule has 0 aliphatic heterocycles. The van der Waals surface area contributed by atoms with Gasteiger partial charge in [-0.3, -0.25) is 15.1 Å². The van der Waals surface area contributed by atoms with Crippen molar-refractivity contribution in [2.24, 2.45) is 0 Å². The van der Waals surface area contributed by atoms with Crippen LogP contribution in [-0.4, -0.2) is 27.7 Å². The minimum atomic E-state index is -0.228. The lowest BCUT2D eigenvalue weighted by molar-refractivity contribution is 0.102. The van der Waals surface area contributed by atoms with Gasteiger partial charge in [0.25, 0.3) is 5.91 Å². The first-order valence-corrected chi connectivity index (χ1v) is 12.5. The van der Waals surface area contributed by atoms with Crippen molar-refractivity contribution in [2.75, 3.05) is 11.9 Å². The summed E-state index contributed by atoms with van der Waals surface area (Å²) in [5.74, 6) is 1.20. The summed E-state index contributed by atoms with van der Waals surface area (Å²) in [6.45, 7) is 6.85. The van der Waals surface area contributed by atoms with E-state index in [1.54, 1.807) is 42.2 Å². The Morgan fingerprint density at radius 3 is 2.64 bits per heavy atom. The number of carbonyl (C=O) groups excluding carboxylic acids is 1. The number of ether oxygens (including phenoxy) is 1. The van der Waals surface area contributed by atoms with E-state index < -0.39 is 0 Å². The van der Waals surface area contributed by atoms with Crippen LogP contribution in [0, 0.1) is 0 Å². The maximum absolute atomic E-state index is 12.5. The largest absolute Gasteiger partial charge is 0.490 e. The first-order chi connectivity index (χ1) is 16.0. The summed E-state index contributed by atoms with van der Waals surface area (Å²) in [5, 5.41) is 11.5. The van der Waals surface area contributed by atoms with E-state index in [1.807, 2.05) is 18.2 Å². The Morgan fingerprint density at radius 2 is 1.91 bits per heavy atom. The van der Waals surface area contributed by atoms with Gasteiger partial charge in [-0.25, -0.2) is 0 Å². The van der Waals surface area contributed by atoms with Crippen molar-refractivity contribution in [3.05, 3.63) is 83.2 Å². The minimum absolute atomic E-state index is 0.228. The van der Waals surface area contributed by atoms with E-state index in [2.05, 4.69) is 53.4 Å². The van der Waals surface area contributed by atoms with Crippen LogP contribution in [0.5, 0.6) is 5.75 Å². The fourth-order valence-corrected chi connectivity index (χ4v) is 4.44. The third-order valence-electron chi connectivity index (χ3n) is 4.59. The van der Waals surface area contributed by atoms with Gasteiger partial charge in [-0.2, -0.15) is 0 Å². The average Bonchev–Trinajstić information content (AvgIpc) is 3.26. The Hall–Kier alpha value is -2.97. The number of nitrogens with one attached hydrogen (secondary N) is 1. The number of hydrogen-bond acceptors (Lipinski definition) is 7. The maximum atomic E-state index is 12.5. The summed E-state index contributed by atoms with van der Waals surface area (Å²) >= 11 is 2.89. The first kappa shape index (κ1) is 24.7. The SMILES string of the molecule is CC(C)=CCCC(C)=CCOc1ccc(C(=O)Nc2nnc(SCc3ccccn3)s2)cc1. The number of carbonyl (C=O) groups is 1. The van der Waals surface area contributed by atoms with Crippen molar-refractivity contribution < 1.29 is 9.53 Å². The molecule has 2 heterocycles. The number of thioether (sulfide) groups is 1. The van der Waals surface area contributed by atoms with Gasteiger partial charge >= 0.3 is 0 Å².